The predicted molar refractivity (Wildman–Crippen MR) is 121 cm³/mol. The predicted octanol–water partition coefficient (Wildman–Crippen LogP) is 6.35. The van der Waals surface area contributed by atoms with E-state index in [1.807, 2.05) is 41.5 Å². The number of hydrogen-bond donors (Lipinski definition) is 4. The first kappa shape index (κ1) is 22.3. The molecular weight excluding hydrogens is 376 g/mol. The SMILES string of the molecule is CC(C)(C)c1c(O)ccc(C2(c3ccc(O)c(C(C)(C)C)c3O)CCCCC2)c1O. The molecule has 2 aromatic carbocycles. The van der Waals surface area contributed by atoms with Crippen molar-refractivity contribution in [3.05, 3.63) is 46.5 Å². The molecule has 2 aromatic rings. The zero-order chi connectivity index (χ0) is 22.5. The summed E-state index contributed by atoms with van der Waals surface area (Å²) >= 11 is 0. The van der Waals surface area contributed by atoms with Crippen LogP contribution < -0.4 is 0 Å². The average Bonchev–Trinajstić information content (AvgIpc) is 2.60. The third kappa shape index (κ3) is 3.61. The molecule has 0 unspecified atom stereocenters. The van der Waals surface area contributed by atoms with Crippen molar-refractivity contribution in [2.45, 2.75) is 89.9 Å². The number of aromatic hydroxyl groups is 4. The second-order valence-electron chi connectivity index (χ2n) is 10.9. The summed E-state index contributed by atoms with van der Waals surface area (Å²) in [4.78, 5) is 0. The van der Waals surface area contributed by atoms with E-state index in [0.717, 1.165) is 43.2 Å². The molecule has 0 aromatic heterocycles. The number of phenols is 4. The lowest BCUT2D eigenvalue weighted by Crippen LogP contribution is -2.32. The van der Waals surface area contributed by atoms with E-state index in [1.165, 1.54) is 0 Å². The quantitative estimate of drug-likeness (QED) is 0.463. The summed E-state index contributed by atoms with van der Waals surface area (Å²) in [5.41, 5.74) is 1.09. The largest absolute Gasteiger partial charge is 0.508 e. The lowest BCUT2D eigenvalue weighted by atomic mass is 9.63. The van der Waals surface area contributed by atoms with Crippen LogP contribution in [-0.4, -0.2) is 20.4 Å². The lowest BCUT2D eigenvalue weighted by molar-refractivity contribution is 0.313. The van der Waals surface area contributed by atoms with Crippen molar-refractivity contribution >= 4 is 0 Å². The molecule has 0 radical (unpaired) electrons. The van der Waals surface area contributed by atoms with Gasteiger partial charge in [0.2, 0.25) is 0 Å². The summed E-state index contributed by atoms with van der Waals surface area (Å²) in [5.74, 6) is 0.378. The highest BCUT2D eigenvalue weighted by Crippen LogP contribution is 2.55. The number of hydrogen-bond acceptors (Lipinski definition) is 4. The molecule has 164 valence electrons. The van der Waals surface area contributed by atoms with E-state index in [0.29, 0.717) is 11.1 Å². The normalized spacial score (nSPS) is 17.1. The Balaban J connectivity index is 2.35. The molecule has 1 aliphatic rings. The monoisotopic (exact) mass is 412 g/mol. The standard InChI is InChI=1S/C26H36O4/c1-24(2,3)20-18(27)12-10-16(22(20)29)26(14-8-7-9-15-26)17-11-13-19(28)21(23(17)30)25(4,5)6/h10-13,27-30H,7-9,14-15H2,1-6H3. The van der Waals surface area contributed by atoms with Gasteiger partial charge in [0, 0.05) is 27.7 Å². The highest BCUT2D eigenvalue weighted by atomic mass is 16.3. The van der Waals surface area contributed by atoms with Crippen LogP contribution in [0.1, 0.15) is 95.9 Å². The fourth-order valence-corrected chi connectivity index (χ4v) is 5.25. The van der Waals surface area contributed by atoms with Crippen molar-refractivity contribution < 1.29 is 20.4 Å². The molecule has 4 heteroatoms. The van der Waals surface area contributed by atoms with Gasteiger partial charge in [-0.2, -0.15) is 0 Å². The topological polar surface area (TPSA) is 80.9 Å². The van der Waals surface area contributed by atoms with Crippen molar-refractivity contribution in [1.29, 1.82) is 0 Å². The van der Waals surface area contributed by atoms with Crippen molar-refractivity contribution in [3.63, 3.8) is 0 Å². The van der Waals surface area contributed by atoms with Gasteiger partial charge in [-0.05, 0) is 35.8 Å². The highest BCUT2D eigenvalue weighted by molar-refractivity contribution is 5.62. The van der Waals surface area contributed by atoms with Gasteiger partial charge in [0.15, 0.2) is 0 Å². The maximum Gasteiger partial charge on any atom is 0.127 e. The van der Waals surface area contributed by atoms with Gasteiger partial charge in [-0.15, -0.1) is 0 Å². The minimum atomic E-state index is -0.576. The molecule has 0 heterocycles. The Hall–Kier alpha value is -2.36. The summed E-state index contributed by atoms with van der Waals surface area (Å²) in [6.45, 7) is 11.8. The molecule has 1 saturated carbocycles. The lowest BCUT2D eigenvalue weighted by Gasteiger charge is -2.41. The maximum atomic E-state index is 11.4. The molecule has 0 spiro atoms. The minimum absolute atomic E-state index is 0.0834. The molecule has 0 amide bonds. The van der Waals surface area contributed by atoms with Crippen LogP contribution in [-0.2, 0) is 16.2 Å². The Morgan fingerprint density at radius 2 is 0.967 bits per heavy atom. The molecule has 0 saturated heterocycles. The molecule has 4 nitrogen and oxygen atoms in total. The zero-order valence-corrected chi connectivity index (χ0v) is 19.1. The summed E-state index contributed by atoms with van der Waals surface area (Å²) in [5, 5.41) is 43.7. The van der Waals surface area contributed by atoms with Gasteiger partial charge in [0.25, 0.3) is 0 Å². The smallest absolute Gasteiger partial charge is 0.127 e. The number of phenolic OH excluding ortho intramolecular Hbond substituents is 4. The molecular formula is C26H36O4. The molecule has 30 heavy (non-hydrogen) atoms. The summed E-state index contributed by atoms with van der Waals surface area (Å²) in [7, 11) is 0. The number of benzene rings is 2. The van der Waals surface area contributed by atoms with Crippen molar-refractivity contribution in [3.8, 4) is 23.0 Å². The molecule has 3 rings (SSSR count). The van der Waals surface area contributed by atoms with Crippen molar-refractivity contribution in [2.24, 2.45) is 0 Å². The first-order valence-corrected chi connectivity index (χ1v) is 10.9. The van der Waals surface area contributed by atoms with Crippen LogP contribution in [0.25, 0.3) is 0 Å². The van der Waals surface area contributed by atoms with E-state index in [-0.39, 0.29) is 23.0 Å². The summed E-state index contributed by atoms with van der Waals surface area (Å²) in [6.07, 6.45) is 4.65. The third-order valence-corrected chi connectivity index (χ3v) is 6.55. The van der Waals surface area contributed by atoms with Crippen LogP contribution in [0.5, 0.6) is 23.0 Å². The Bertz CT molecular complexity index is 867. The van der Waals surface area contributed by atoms with Crippen LogP contribution in [0, 0.1) is 0 Å². The Morgan fingerprint density at radius 3 is 1.30 bits per heavy atom. The van der Waals surface area contributed by atoms with Gasteiger partial charge in [-0.1, -0.05) is 72.9 Å². The van der Waals surface area contributed by atoms with Crippen LogP contribution in [0.3, 0.4) is 0 Å². The molecule has 0 bridgehead atoms. The van der Waals surface area contributed by atoms with Crippen molar-refractivity contribution in [2.75, 3.05) is 0 Å². The van der Waals surface area contributed by atoms with E-state index in [2.05, 4.69) is 0 Å². The van der Waals surface area contributed by atoms with Gasteiger partial charge >= 0.3 is 0 Å². The molecule has 0 aliphatic heterocycles. The van der Waals surface area contributed by atoms with E-state index >= 15 is 0 Å². The second-order valence-corrected chi connectivity index (χ2v) is 10.9. The Morgan fingerprint density at radius 1 is 0.600 bits per heavy atom. The average molecular weight is 413 g/mol. The second kappa shape index (κ2) is 7.40. The van der Waals surface area contributed by atoms with Gasteiger partial charge in [0.1, 0.15) is 23.0 Å². The molecule has 1 aliphatic carbocycles. The van der Waals surface area contributed by atoms with Crippen LogP contribution in [0.2, 0.25) is 0 Å². The first-order valence-electron chi connectivity index (χ1n) is 10.9. The zero-order valence-electron chi connectivity index (χ0n) is 19.1. The van der Waals surface area contributed by atoms with E-state index in [4.69, 9.17) is 0 Å². The molecule has 0 atom stereocenters. The van der Waals surface area contributed by atoms with Crippen LogP contribution in [0.15, 0.2) is 24.3 Å². The van der Waals surface area contributed by atoms with Gasteiger partial charge in [-0.3, -0.25) is 0 Å². The third-order valence-electron chi connectivity index (χ3n) is 6.55. The minimum Gasteiger partial charge on any atom is -0.508 e. The fraction of sp³-hybridized carbons (Fsp3) is 0.538. The fourth-order valence-electron chi connectivity index (χ4n) is 5.25. The Kier molecular flexibility index (Phi) is 5.51. The van der Waals surface area contributed by atoms with Gasteiger partial charge in [0.05, 0.1) is 0 Å². The van der Waals surface area contributed by atoms with E-state index in [1.54, 1.807) is 24.3 Å². The summed E-state index contributed by atoms with van der Waals surface area (Å²) in [6, 6.07) is 6.92. The number of rotatable bonds is 2. The highest BCUT2D eigenvalue weighted by Gasteiger charge is 2.42. The van der Waals surface area contributed by atoms with E-state index in [9.17, 15) is 20.4 Å². The first-order chi connectivity index (χ1) is 13.8. The van der Waals surface area contributed by atoms with Crippen LogP contribution in [0.4, 0.5) is 0 Å². The van der Waals surface area contributed by atoms with Crippen LogP contribution >= 0.6 is 0 Å². The van der Waals surface area contributed by atoms with Gasteiger partial charge in [-0.25, -0.2) is 0 Å². The molecule has 1 fully saturated rings. The molecule has 4 N–H and O–H groups in total. The maximum absolute atomic E-state index is 11.4. The van der Waals surface area contributed by atoms with Crippen molar-refractivity contribution in [1.82, 2.24) is 0 Å². The van der Waals surface area contributed by atoms with Gasteiger partial charge < -0.3 is 20.4 Å². The van der Waals surface area contributed by atoms with E-state index < -0.39 is 16.2 Å². The Labute approximate surface area is 180 Å². The summed E-state index contributed by atoms with van der Waals surface area (Å²) < 4.78 is 0.